The molecule has 80 valence electrons. The largest absolute Gasteiger partial charge is 0.478 e. The molecule has 0 spiro atoms. The molecular formula is C9H6F2O3S. The van der Waals surface area contributed by atoms with Gasteiger partial charge in [-0.05, 0) is 18.2 Å². The summed E-state index contributed by atoms with van der Waals surface area (Å²) in [6.45, 7) is 0. The topological polar surface area (TPSA) is 54.4 Å². The zero-order valence-corrected chi connectivity index (χ0v) is 8.13. The van der Waals surface area contributed by atoms with Gasteiger partial charge in [0.05, 0.1) is 10.8 Å². The average Bonchev–Trinajstić information content (AvgIpc) is 2.18. The van der Waals surface area contributed by atoms with Gasteiger partial charge < -0.3 is 5.11 Å². The average molecular weight is 232 g/mol. The minimum atomic E-state index is -1.79. The van der Waals surface area contributed by atoms with Crippen LogP contribution in [0.2, 0.25) is 0 Å². The van der Waals surface area contributed by atoms with E-state index in [9.17, 15) is 17.8 Å². The Morgan fingerprint density at radius 3 is 2.53 bits per heavy atom. The molecule has 0 saturated carbocycles. The Kier molecular flexibility index (Phi) is 3.68. The van der Waals surface area contributed by atoms with E-state index in [1.165, 1.54) is 0 Å². The number of carboxylic acids is 1. The van der Waals surface area contributed by atoms with E-state index in [1.807, 2.05) is 0 Å². The number of aliphatic carboxylic acids is 1. The van der Waals surface area contributed by atoms with Gasteiger partial charge in [-0.15, -0.1) is 0 Å². The molecule has 1 unspecified atom stereocenters. The molecule has 0 saturated heterocycles. The van der Waals surface area contributed by atoms with Crippen LogP contribution >= 0.6 is 0 Å². The van der Waals surface area contributed by atoms with Crippen LogP contribution in [-0.4, -0.2) is 15.3 Å². The van der Waals surface area contributed by atoms with Crippen LogP contribution in [0.25, 0.3) is 0 Å². The van der Waals surface area contributed by atoms with E-state index in [0.717, 1.165) is 23.6 Å². The van der Waals surface area contributed by atoms with Gasteiger partial charge in [-0.1, -0.05) is 0 Å². The Hall–Kier alpha value is -1.56. The summed E-state index contributed by atoms with van der Waals surface area (Å²) in [6.07, 6.45) is 0.678. The van der Waals surface area contributed by atoms with E-state index in [2.05, 4.69) is 0 Å². The lowest BCUT2D eigenvalue weighted by Gasteiger charge is -1.97. The molecule has 0 aliphatic rings. The van der Waals surface area contributed by atoms with Crippen LogP contribution in [-0.2, 0) is 15.6 Å². The van der Waals surface area contributed by atoms with Crippen molar-refractivity contribution in [2.24, 2.45) is 0 Å². The number of carboxylic acid groups (broad SMARTS) is 1. The normalized spacial score (nSPS) is 12.9. The van der Waals surface area contributed by atoms with Crippen molar-refractivity contribution in [1.29, 1.82) is 0 Å². The summed E-state index contributed by atoms with van der Waals surface area (Å²) in [7, 11) is -1.79. The Morgan fingerprint density at radius 2 is 2.00 bits per heavy atom. The quantitative estimate of drug-likeness (QED) is 0.806. The number of benzene rings is 1. The molecule has 0 heterocycles. The highest BCUT2D eigenvalue weighted by Gasteiger charge is 2.06. The van der Waals surface area contributed by atoms with Crippen molar-refractivity contribution in [3.05, 3.63) is 41.3 Å². The predicted octanol–water partition coefficient (Wildman–Crippen LogP) is 1.67. The number of halogens is 2. The fourth-order valence-electron chi connectivity index (χ4n) is 0.801. The Morgan fingerprint density at radius 1 is 1.33 bits per heavy atom. The maximum atomic E-state index is 12.7. The van der Waals surface area contributed by atoms with Gasteiger partial charge in [0.1, 0.15) is 0 Å². The third-order valence-electron chi connectivity index (χ3n) is 1.46. The highest BCUT2D eigenvalue weighted by atomic mass is 32.2. The maximum absolute atomic E-state index is 12.7. The highest BCUT2D eigenvalue weighted by molar-refractivity contribution is 7.88. The molecule has 1 aromatic carbocycles. The van der Waals surface area contributed by atoms with Crippen molar-refractivity contribution >= 4 is 16.8 Å². The van der Waals surface area contributed by atoms with Crippen LogP contribution in [0.4, 0.5) is 8.78 Å². The summed E-state index contributed by atoms with van der Waals surface area (Å²) in [6, 6.07) is 2.72. The van der Waals surface area contributed by atoms with Crippen LogP contribution in [0.15, 0.2) is 34.6 Å². The molecule has 3 nitrogen and oxygen atoms in total. The number of rotatable bonds is 3. The lowest BCUT2D eigenvalue weighted by Crippen LogP contribution is -1.93. The molecule has 1 rings (SSSR count). The van der Waals surface area contributed by atoms with Crippen LogP contribution < -0.4 is 0 Å². The lowest BCUT2D eigenvalue weighted by molar-refractivity contribution is -0.131. The van der Waals surface area contributed by atoms with Gasteiger partial charge in [-0.25, -0.2) is 17.8 Å². The van der Waals surface area contributed by atoms with Gasteiger partial charge in [0.25, 0.3) is 0 Å². The third kappa shape index (κ3) is 3.25. The van der Waals surface area contributed by atoms with Crippen molar-refractivity contribution < 1.29 is 22.9 Å². The van der Waals surface area contributed by atoms with E-state index in [0.29, 0.717) is 6.08 Å². The zero-order valence-electron chi connectivity index (χ0n) is 7.31. The summed E-state index contributed by atoms with van der Waals surface area (Å²) in [5, 5.41) is 9.14. The molecule has 0 amide bonds. The standard InChI is InChI=1S/C9H6F2O3S/c10-7-2-1-6(5-8(7)11)15(14)4-3-9(12)13/h1-5H,(H,12,13)/b4-3+. The second kappa shape index (κ2) is 4.79. The van der Waals surface area contributed by atoms with Gasteiger partial charge >= 0.3 is 5.97 Å². The first-order chi connectivity index (χ1) is 7.00. The van der Waals surface area contributed by atoms with Crippen molar-refractivity contribution in [2.45, 2.75) is 4.90 Å². The van der Waals surface area contributed by atoms with E-state index >= 15 is 0 Å². The van der Waals surface area contributed by atoms with Gasteiger partial charge in [-0.2, -0.15) is 0 Å². The Balaban J connectivity index is 2.92. The van der Waals surface area contributed by atoms with Gasteiger partial charge in [-0.3, -0.25) is 0 Å². The van der Waals surface area contributed by atoms with E-state index in [-0.39, 0.29) is 4.90 Å². The van der Waals surface area contributed by atoms with E-state index < -0.39 is 28.4 Å². The molecule has 6 heteroatoms. The minimum absolute atomic E-state index is 0.00593. The molecule has 15 heavy (non-hydrogen) atoms. The number of carbonyl (C=O) groups is 1. The molecule has 1 atom stereocenters. The zero-order chi connectivity index (χ0) is 11.4. The molecule has 0 aliphatic heterocycles. The van der Waals surface area contributed by atoms with Crippen LogP contribution in [0, 0.1) is 11.6 Å². The molecule has 0 fully saturated rings. The fraction of sp³-hybridized carbons (Fsp3) is 0. The van der Waals surface area contributed by atoms with Crippen LogP contribution in [0.5, 0.6) is 0 Å². The highest BCUT2D eigenvalue weighted by Crippen LogP contribution is 2.12. The monoisotopic (exact) mass is 232 g/mol. The van der Waals surface area contributed by atoms with Crippen molar-refractivity contribution in [1.82, 2.24) is 0 Å². The molecule has 0 radical (unpaired) electrons. The first-order valence-corrected chi connectivity index (χ1v) is 4.99. The second-order valence-corrected chi connectivity index (χ2v) is 3.85. The maximum Gasteiger partial charge on any atom is 0.328 e. The molecule has 0 aromatic heterocycles. The van der Waals surface area contributed by atoms with Crippen LogP contribution in [0.3, 0.4) is 0 Å². The lowest BCUT2D eigenvalue weighted by atomic mass is 10.3. The van der Waals surface area contributed by atoms with Crippen molar-refractivity contribution in [3.8, 4) is 0 Å². The van der Waals surface area contributed by atoms with Crippen molar-refractivity contribution in [3.63, 3.8) is 0 Å². The van der Waals surface area contributed by atoms with Gasteiger partial charge in [0.2, 0.25) is 0 Å². The summed E-state index contributed by atoms with van der Waals surface area (Å²) < 4.78 is 36.5. The summed E-state index contributed by atoms with van der Waals surface area (Å²) in [4.78, 5) is 10.1. The first kappa shape index (κ1) is 11.5. The third-order valence-corrected chi connectivity index (χ3v) is 2.56. The molecule has 1 aromatic rings. The minimum Gasteiger partial charge on any atom is -0.478 e. The second-order valence-electron chi connectivity index (χ2n) is 2.51. The molecule has 0 bridgehead atoms. The summed E-state index contributed by atoms with van der Waals surface area (Å²) >= 11 is 0. The number of hydrogen-bond acceptors (Lipinski definition) is 2. The predicted molar refractivity (Wildman–Crippen MR) is 49.5 cm³/mol. The van der Waals surface area contributed by atoms with Gasteiger partial charge in [0.15, 0.2) is 11.6 Å². The Bertz CT molecular complexity index is 443. The molecular weight excluding hydrogens is 226 g/mol. The summed E-state index contributed by atoms with van der Waals surface area (Å²) in [5.41, 5.74) is 0. The van der Waals surface area contributed by atoms with E-state index in [1.54, 1.807) is 0 Å². The molecule has 1 N–H and O–H groups in total. The SMILES string of the molecule is O=C(O)/C=C/S(=O)c1ccc(F)c(F)c1. The smallest absolute Gasteiger partial charge is 0.328 e. The first-order valence-electron chi connectivity index (χ1n) is 3.77. The van der Waals surface area contributed by atoms with E-state index in [4.69, 9.17) is 5.11 Å². The Labute approximate surface area is 86.5 Å². The van der Waals surface area contributed by atoms with Gasteiger partial charge in [0, 0.05) is 16.4 Å². The van der Waals surface area contributed by atoms with Crippen LogP contribution in [0.1, 0.15) is 0 Å². The van der Waals surface area contributed by atoms with Crippen molar-refractivity contribution in [2.75, 3.05) is 0 Å². The number of hydrogen-bond donors (Lipinski definition) is 1. The molecule has 0 aliphatic carbocycles. The summed E-state index contributed by atoms with van der Waals surface area (Å²) in [5.74, 6) is -3.42. The fourth-order valence-corrected chi connectivity index (χ4v) is 1.62.